The van der Waals surface area contributed by atoms with Gasteiger partial charge in [0.25, 0.3) is 0 Å². The summed E-state index contributed by atoms with van der Waals surface area (Å²) in [4.78, 5) is 4.40. The highest BCUT2D eigenvalue weighted by Gasteiger charge is 2.12. The van der Waals surface area contributed by atoms with Crippen LogP contribution in [0.15, 0.2) is 51.5 Å². The number of benzene rings is 2. The topological polar surface area (TPSA) is 59.2 Å². The average molecular weight is 345 g/mol. The zero-order valence-electron chi connectivity index (χ0n) is 11.4. The summed E-state index contributed by atoms with van der Waals surface area (Å²) in [6.45, 7) is 2.00. The molecular formula is C16H13BrN2O2. The normalized spacial score (nSPS) is 10.8. The summed E-state index contributed by atoms with van der Waals surface area (Å²) in [5.41, 5.74) is 2.77. The van der Waals surface area contributed by atoms with Crippen LogP contribution in [0.25, 0.3) is 11.4 Å². The Bertz CT molecular complexity index is 783. The Morgan fingerprint density at radius 2 is 2.00 bits per heavy atom. The molecule has 1 heterocycles. The number of hydrogen-bond donors (Lipinski definition) is 1. The van der Waals surface area contributed by atoms with Gasteiger partial charge in [-0.3, -0.25) is 0 Å². The second-order valence-electron chi connectivity index (χ2n) is 4.78. The first-order valence-electron chi connectivity index (χ1n) is 6.49. The van der Waals surface area contributed by atoms with Crippen molar-refractivity contribution in [3.05, 3.63) is 64.0 Å². The molecule has 0 bridgehead atoms. The third-order valence-corrected chi connectivity index (χ3v) is 3.72. The number of aryl methyl sites for hydroxylation is 1. The maximum Gasteiger partial charge on any atom is 0.231 e. The van der Waals surface area contributed by atoms with Crippen LogP contribution in [-0.4, -0.2) is 15.2 Å². The average Bonchev–Trinajstić information content (AvgIpc) is 2.90. The second-order valence-corrected chi connectivity index (χ2v) is 5.69. The van der Waals surface area contributed by atoms with Crippen molar-refractivity contribution < 1.29 is 9.63 Å². The fourth-order valence-corrected chi connectivity index (χ4v) is 2.61. The highest BCUT2D eigenvalue weighted by Crippen LogP contribution is 2.25. The van der Waals surface area contributed by atoms with Gasteiger partial charge in [-0.05, 0) is 36.8 Å². The first-order chi connectivity index (χ1) is 10.1. The van der Waals surface area contributed by atoms with E-state index in [9.17, 15) is 5.11 Å². The largest absolute Gasteiger partial charge is 0.508 e. The SMILES string of the molecule is Cc1cc(Br)ccc1-c1noc(Cc2ccccc2O)n1. The fourth-order valence-electron chi connectivity index (χ4n) is 2.14. The number of phenols is 1. The Morgan fingerprint density at radius 1 is 1.19 bits per heavy atom. The first kappa shape index (κ1) is 13.8. The zero-order valence-corrected chi connectivity index (χ0v) is 13.0. The Labute approximate surface area is 130 Å². The zero-order chi connectivity index (χ0) is 14.8. The van der Waals surface area contributed by atoms with Crippen LogP contribution in [0.3, 0.4) is 0 Å². The minimum Gasteiger partial charge on any atom is -0.508 e. The number of aromatic hydroxyl groups is 1. The molecule has 5 heteroatoms. The monoisotopic (exact) mass is 344 g/mol. The van der Waals surface area contributed by atoms with Gasteiger partial charge in [0.1, 0.15) is 5.75 Å². The molecule has 0 aliphatic heterocycles. The van der Waals surface area contributed by atoms with Gasteiger partial charge in [0, 0.05) is 15.6 Å². The van der Waals surface area contributed by atoms with Gasteiger partial charge < -0.3 is 9.63 Å². The molecule has 0 unspecified atom stereocenters. The van der Waals surface area contributed by atoms with E-state index in [2.05, 4.69) is 26.1 Å². The highest BCUT2D eigenvalue weighted by molar-refractivity contribution is 9.10. The minimum atomic E-state index is 0.233. The number of halogens is 1. The van der Waals surface area contributed by atoms with E-state index in [1.54, 1.807) is 12.1 Å². The summed E-state index contributed by atoms with van der Waals surface area (Å²) in [6, 6.07) is 13.0. The molecule has 0 saturated heterocycles. The van der Waals surface area contributed by atoms with Crippen LogP contribution in [0, 0.1) is 6.92 Å². The smallest absolute Gasteiger partial charge is 0.231 e. The van der Waals surface area contributed by atoms with Gasteiger partial charge in [-0.25, -0.2) is 0 Å². The maximum atomic E-state index is 9.78. The lowest BCUT2D eigenvalue weighted by molar-refractivity contribution is 0.383. The van der Waals surface area contributed by atoms with Crippen LogP contribution in [0.4, 0.5) is 0 Å². The molecule has 0 aliphatic carbocycles. The molecule has 0 aliphatic rings. The van der Waals surface area contributed by atoms with E-state index in [1.807, 2.05) is 37.3 Å². The van der Waals surface area contributed by atoms with Crippen molar-refractivity contribution >= 4 is 15.9 Å². The molecule has 3 aromatic rings. The van der Waals surface area contributed by atoms with Crippen molar-refractivity contribution in [1.29, 1.82) is 0 Å². The van der Waals surface area contributed by atoms with Crippen molar-refractivity contribution in [3.8, 4) is 17.1 Å². The maximum absolute atomic E-state index is 9.78. The molecule has 0 fully saturated rings. The van der Waals surface area contributed by atoms with E-state index in [-0.39, 0.29) is 5.75 Å². The number of aromatic nitrogens is 2. The summed E-state index contributed by atoms with van der Waals surface area (Å²) in [5.74, 6) is 1.27. The Balaban J connectivity index is 1.88. The summed E-state index contributed by atoms with van der Waals surface area (Å²) in [7, 11) is 0. The van der Waals surface area contributed by atoms with Crippen molar-refractivity contribution in [2.24, 2.45) is 0 Å². The number of hydrogen-bond acceptors (Lipinski definition) is 4. The van der Waals surface area contributed by atoms with Gasteiger partial charge in [-0.1, -0.05) is 39.3 Å². The quantitative estimate of drug-likeness (QED) is 0.776. The first-order valence-corrected chi connectivity index (χ1v) is 7.29. The van der Waals surface area contributed by atoms with E-state index in [0.717, 1.165) is 21.2 Å². The van der Waals surface area contributed by atoms with Gasteiger partial charge in [0.05, 0.1) is 6.42 Å². The predicted octanol–water partition coefficient (Wildman–Crippen LogP) is 4.10. The Hall–Kier alpha value is -2.14. The van der Waals surface area contributed by atoms with E-state index >= 15 is 0 Å². The summed E-state index contributed by atoms with van der Waals surface area (Å²) in [5, 5.41) is 13.8. The van der Waals surface area contributed by atoms with Crippen LogP contribution in [0.5, 0.6) is 5.75 Å². The van der Waals surface area contributed by atoms with E-state index in [0.29, 0.717) is 18.1 Å². The number of para-hydroxylation sites is 1. The van der Waals surface area contributed by atoms with Gasteiger partial charge in [-0.15, -0.1) is 0 Å². The van der Waals surface area contributed by atoms with Crippen LogP contribution in [-0.2, 0) is 6.42 Å². The van der Waals surface area contributed by atoms with E-state index in [4.69, 9.17) is 4.52 Å². The molecular weight excluding hydrogens is 332 g/mol. The van der Waals surface area contributed by atoms with E-state index in [1.165, 1.54) is 0 Å². The molecule has 4 nitrogen and oxygen atoms in total. The number of rotatable bonds is 3. The molecule has 1 aromatic heterocycles. The summed E-state index contributed by atoms with van der Waals surface area (Å²) in [6.07, 6.45) is 0.412. The van der Waals surface area contributed by atoms with Crippen molar-refractivity contribution in [2.45, 2.75) is 13.3 Å². The van der Waals surface area contributed by atoms with Crippen LogP contribution in [0.1, 0.15) is 17.0 Å². The highest BCUT2D eigenvalue weighted by atomic mass is 79.9. The summed E-state index contributed by atoms with van der Waals surface area (Å²) >= 11 is 3.43. The lowest BCUT2D eigenvalue weighted by atomic mass is 10.1. The van der Waals surface area contributed by atoms with Crippen molar-refractivity contribution in [3.63, 3.8) is 0 Å². The minimum absolute atomic E-state index is 0.233. The standard InChI is InChI=1S/C16H13BrN2O2/c1-10-8-12(17)6-7-13(10)16-18-15(21-19-16)9-11-4-2-3-5-14(11)20/h2-8,20H,9H2,1H3. The molecule has 0 amide bonds. The molecule has 0 atom stereocenters. The number of nitrogens with zero attached hydrogens (tertiary/aromatic N) is 2. The third-order valence-electron chi connectivity index (χ3n) is 3.23. The van der Waals surface area contributed by atoms with Gasteiger partial charge in [0.2, 0.25) is 11.7 Å². The van der Waals surface area contributed by atoms with Gasteiger partial charge in [-0.2, -0.15) is 4.98 Å². The van der Waals surface area contributed by atoms with Gasteiger partial charge in [0.15, 0.2) is 0 Å². The third kappa shape index (κ3) is 2.97. The lowest BCUT2D eigenvalue weighted by Gasteiger charge is -2.01. The molecule has 106 valence electrons. The fraction of sp³-hybridized carbons (Fsp3) is 0.125. The number of phenolic OH excluding ortho intramolecular Hbond substituents is 1. The Morgan fingerprint density at radius 3 is 2.76 bits per heavy atom. The molecule has 0 saturated carbocycles. The van der Waals surface area contributed by atoms with Crippen molar-refractivity contribution in [2.75, 3.05) is 0 Å². The lowest BCUT2D eigenvalue weighted by Crippen LogP contribution is -1.90. The molecule has 0 spiro atoms. The predicted molar refractivity (Wildman–Crippen MR) is 83.1 cm³/mol. The van der Waals surface area contributed by atoms with Crippen LogP contribution >= 0.6 is 15.9 Å². The van der Waals surface area contributed by atoms with Crippen LogP contribution in [0.2, 0.25) is 0 Å². The molecule has 2 aromatic carbocycles. The molecule has 21 heavy (non-hydrogen) atoms. The Kier molecular flexibility index (Phi) is 3.75. The molecule has 0 radical (unpaired) electrons. The second kappa shape index (κ2) is 5.69. The summed E-state index contributed by atoms with van der Waals surface area (Å²) < 4.78 is 6.29. The van der Waals surface area contributed by atoms with Gasteiger partial charge >= 0.3 is 0 Å². The van der Waals surface area contributed by atoms with E-state index < -0.39 is 0 Å². The van der Waals surface area contributed by atoms with Crippen LogP contribution < -0.4 is 0 Å². The molecule has 1 N–H and O–H groups in total. The van der Waals surface area contributed by atoms with Crippen molar-refractivity contribution in [1.82, 2.24) is 10.1 Å². The molecule has 3 rings (SSSR count).